The van der Waals surface area contributed by atoms with Gasteiger partial charge in [-0.2, -0.15) is 5.26 Å². The molecule has 0 aliphatic rings. The zero-order valence-electron chi connectivity index (χ0n) is 33.9. The molecule has 14 nitrogen and oxygen atoms in total. The number of nitrogens with one attached hydrogen (secondary N) is 2. The quantitative estimate of drug-likeness (QED) is 0.0426. The number of hydrogen-bond acceptors (Lipinski definition) is 12. The summed E-state index contributed by atoms with van der Waals surface area (Å²) in [7, 11) is 0. The van der Waals surface area contributed by atoms with Crippen LogP contribution in [-0.2, 0) is 42.5 Å². The summed E-state index contributed by atoms with van der Waals surface area (Å²) < 4.78 is 18.5. The van der Waals surface area contributed by atoms with Gasteiger partial charge in [0.25, 0.3) is 0 Å². The summed E-state index contributed by atoms with van der Waals surface area (Å²) in [4.78, 5) is 27.5. The topological polar surface area (TPSA) is 224 Å². The highest BCUT2D eigenvalue weighted by Gasteiger charge is 2.33. The van der Waals surface area contributed by atoms with E-state index in [9.17, 15) is 40.4 Å². The number of pyridine rings is 1. The number of benzene rings is 4. The normalized spacial score (nSPS) is 13.1. The van der Waals surface area contributed by atoms with Crippen molar-refractivity contribution < 1.29 is 49.3 Å². The Morgan fingerprint density at radius 1 is 0.705 bits per heavy atom. The van der Waals surface area contributed by atoms with E-state index in [0.717, 1.165) is 33.4 Å². The minimum atomic E-state index is -1.63. The molecular weight excluding hydrogens is 827 g/mol. The van der Waals surface area contributed by atoms with Crippen LogP contribution in [0.3, 0.4) is 0 Å². The number of phenolic OH excluding ortho intramolecular Hbond substituents is 1. The molecule has 0 unspecified atom stereocenters. The van der Waals surface area contributed by atoms with Crippen molar-refractivity contribution in [1.29, 1.82) is 5.26 Å². The number of nitrogens with zero attached hydrogens (tertiary/aromatic N) is 2. The highest BCUT2D eigenvalue weighted by molar-refractivity contribution is 6.32. The lowest BCUT2D eigenvalue weighted by molar-refractivity contribution is -0.146. The number of aliphatic hydroxyl groups excluding tert-OH is 2. The van der Waals surface area contributed by atoms with E-state index >= 15 is 0 Å². The van der Waals surface area contributed by atoms with Gasteiger partial charge in [0.05, 0.1) is 28.8 Å². The molecule has 5 aromatic rings. The molecule has 1 heterocycles. The molecule has 0 saturated carbocycles. The van der Waals surface area contributed by atoms with Gasteiger partial charge in [0.15, 0.2) is 0 Å². The van der Waals surface area contributed by atoms with Crippen LogP contribution in [-0.4, -0.2) is 66.7 Å². The highest BCUT2D eigenvalue weighted by Crippen LogP contribution is 2.37. The molecular formula is C45H46Cl2N4O10. The summed E-state index contributed by atoms with van der Waals surface area (Å²) in [6, 6.07) is 21.5. The molecule has 4 aromatic carbocycles. The lowest BCUT2D eigenvalue weighted by Gasteiger charge is -2.25. The van der Waals surface area contributed by atoms with Crippen molar-refractivity contribution in [3.63, 3.8) is 0 Å². The van der Waals surface area contributed by atoms with Crippen LogP contribution < -0.4 is 24.8 Å². The third-order valence-corrected chi connectivity index (χ3v) is 11.0. The lowest BCUT2D eigenvalue weighted by atomic mass is 9.92. The first-order valence-corrected chi connectivity index (χ1v) is 19.7. The van der Waals surface area contributed by atoms with Gasteiger partial charge in [-0.3, -0.25) is 25.2 Å². The number of hydrogen-bond donors (Lipinski definition) is 7. The summed E-state index contributed by atoms with van der Waals surface area (Å²) in [6.07, 6.45) is 3.01. The van der Waals surface area contributed by atoms with Crippen LogP contribution in [0.1, 0.15) is 58.4 Å². The Morgan fingerprint density at radius 2 is 1.20 bits per heavy atom. The highest BCUT2D eigenvalue weighted by atomic mass is 35.5. The number of aliphatic carboxylic acids is 2. The molecule has 5 rings (SSSR count). The summed E-state index contributed by atoms with van der Waals surface area (Å²) in [5.74, 6) is -1.75. The van der Waals surface area contributed by atoms with Crippen molar-refractivity contribution in [2.75, 3.05) is 13.2 Å². The second-order valence-electron chi connectivity index (χ2n) is 14.8. The summed E-state index contributed by atoms with van der Waals surface area (Å²) in [5, 5.41) is 64.5. The van der Waals surface area contributed by atoms with Crippen LogP contribution in [0.4, 0.5) is 0 Å². The zero-order chi connectivity index (χ0) is 44.5. The second-order valence-corrected chi connectivity index (χ2v) is 15.7. The molecule has 0 aliphatic heterocycles. The molecule has 1 aromatic heterocycles. The van der Waals surface area contributed by atoms with Crippen LogP contribution in [0.5, 0.6) is 23.0 Å². The fourth-order valence-corrected chi connectivity index (χ4v) is 6.62. The van der Waals surface area contributed by atoms with E-state index in [0.29, 0.717) is 33.8 Å². The van der Waals surface area contributed by atoms with Gasteiger partial charge in [-0.05, 0) is 79.3 Å². The van der Waals surface area contributed by atoms with Gasteiger partial charge in [0.2, 0.25) is 0 Å². The van der Waals surface area contributed by atoms with E-state index in [-0.39, 0.29) is 54.5 Å². The SMILES string of the molecule is Cc1c(COc2cc(O)c(CN[C@@](C)(CO)C(=O)O)cc2Cl)cccc1-c1cccc(COc2cc(OCc3cncc(C#N)c3)c(CN[C@@](C)(CO)C(=O)O)cc2Cl)c1C. The average molecular weight is 874 g/mol. The molecule has 0 amide bonds. The molecule has 61 heavy (non-hydrogen) atoms. The lowest BCUT2D eigenvalue weighted by Crippen LogP contribution is -2.52. The largest absolute Gasteiger partial charge is 0.507 e. The molecule has 0 radical (unpaired) electrons. The van der Waals surface area contributed by atoms with E-state index in [1.54, 1.807) is 24.4 Å². The van der Waals surface area contributed by atoms with Crippen LogP contribution in [0.15, 0.2) is 79.1 Å². The van der Waals surface area contributed by atoms with Gasteiger partial charge in [0, 0.05) is 54.3 Å². The number of rotatable bonds is 20. The maximum Gasteiger partial charge on any atom is 0.326 e. The van der Waals surface area contributed by atoms with Gasteiger partial charge in [-0.15, -0.1) is 0 Å². The fraction of sp³-hybridized carbons (Fsp3) is 0.289. The molecule has 0 saturated heterocycles. The zero-order valence-corrected chi connectivity index (χ0v) is 35.4. The van der Waals surface area contributed by atoms with Gasteiger partial charge >= 0.3 is 11.9 Å². The maximum absolute atomic E-state index is 11.9. The Kier molecular flexibility index (Phi) is 15.2. The molecule has 2 atom stereocenters. The van der Waals surface area contributed by atoms with Crippen molar-refractivity contribution in [3.8, 4) is 40.2 Å². The van der Waals surface area contributed by atoms with Crippen molar-refractivity contribution in [1.82, 2.24) is 15.6 Å². The number of phenols is 1. The number of aromatic nitrogens is 1. The first-order chi connectivity index (χ1) is 29.0. The van der Waals surface area contributed by atoms with E-state index < -0.39 is 36.2 Å². The van der Waals surface area contributed by atoms with Crippen LogP contribution >= 0.6 is 23.2 Å². The van der Waals surface area contributed by atoms with Crippen molar-refractivity contribution >= 4 is 35.1 Å². The van der Waals surface area contributed by atoms with Gasteiger partial charge in [-0.1, -0.05) is 59.6 Å². The molecule has 0 bridgehead atoms. The van der Waals surface area contributed by atoms with E-state index in [1.807, 2.05) is 56.3 Å². The number of carboxylic acid groups (broad SMARTS) is 2. The molecule has 320 valence electrons. The average Bonchev–Trinajstić information content (AvgIpc) is 3.25. The predicted molar refractivity (Wildman–Crippen MR) is 228 cm³/mol. The molecule has 0 fully saturated rings. The maximum atomic E-state index is 11.9. The monoisotopic (exact) mass is 872 g/mol. The minimum absolute atomic E-state index is 0.0127. The number of halogens is 2. The van der Waals surface area contributed by atoms with E-state index in [4.69, 9.17) is 37.4 Å². The first-order valence-electron chi connectivity index (χ1n) is 18.9. The summed E-state index contributed by atoms with van der Waals surface area (Å²) in [6.45, 7) is 5.59. The number of nitriles is 1. The standard InChI is InChI=1S/C45H46Cl2N4O10/c1-26-30(22-60-40-14-38(54)32(12-36(40)46)19-50-44(3,24-52)42(55)56)7-5-9-34(26)35-10-6-8-31(27(35)2)23-61-41-15-39(59-21-29-11-28(16-48)17-49-18-29)33(13-37(41)47)20-51-45(4,25-53)43(57)58/h5-15,17-18,50-54H,19-25H2,1-4H3,(H,55,56)(H,57,58)/t44-,45-/m0/s1. The molecule has 0 spiro atoms. The molecule has 0 aliphatic carbocycles. The van der Waals surface area contributed by atoms with E-state index in [1.165, 1.54) is 32.2 Å². The third-order valence-electron chi connectivity index (χ3n) is 10.4. The third kappa shape index (κ3) is 11.1. The van der Waals surface area contributed by atoms with Crippen molar-refractivity contribution in [3.05, 3.63) is 134 Å². The summed E-state index contributed by atoms with van der Waals surface area (Å²) in [5.41, 5.74) is 4.17. The Balaban J connectivity index is 1.33. The smallest absolute Gasteiger partial charge is 0.326 e. The van der Waals surface area contributed by atoms with Gasteiger partial charge in [0.1, 0.15) is 60.0 Å². The summed E-state index contributed by atoms with van der Waals surface area (Å²) >= 11 is 13.3. The van der Waals surface area contributed by atoms with Crippen LogP contribution in [0, 0.1) is 25.2 Å². The number of aromatic hydroxyl groups is 1. The van der Waals surface area contributed by atoms with E-state index in [2.05, 4.69) is 15.6 Å². The first kappa shape index (κ1) is 46.2. The molecule has 16 heteroatoms. The van der Waals surface area contributed by atoms with Gasteiger partial charge in [-0.25, -0.2) is 0 Å². The molecule has 7 N–H and O–H groups in total. The van der Waals surface area contributed by atoms with Gasteiger partial charge < -0.3 is 39.7 Å². The Bertz CT molecular complexity index is 2460. The number of carboxylic acids is 2. The van der Waals surface area contributed by atoms with Crippen LogP contribution in [0.2, 0.25) is 10.0 Å². The van der Waals surface area contributed by atoms with Crippen molar-refractivity contribution in [2.24, 2.45) is 0 Å². The fourth-order valence-electron chi connectivity index (χ4n) is 6.14. The Morgan fingerprint density at radius 3 is 1.70 bits per heavy atom. The van der Waals surface area contributed by atoms with Crippen molar-refractivity contribution in [2.45, 2.75) is 71.7 Å². The number of aliphatic hydroxyl groups is 2. The number of ether oxygens (including phenoxy) is 3. The number of carbonyl (C=O) groups is 2. The van der Waals surface area contributed by atoms with Crippen LogP contribution in [0.25, 0.3) is 11.1 Å². The minimum Gasteiger partial charge on any atom is -0.507 e. The predicted octanol–water partition coefficient (Wildman–Crippen LogP) is 6.84. The Labute approximate surface area is 362 Å². The Hall–Kier alpha value is -5.92. The second kappa shape index (κ2) is 20.1.